The number of aryl methyl sites for hydroxylation is 3. The number of anilines is 1. The van der Waals surface area contributed by atoms with Crippen LogP contribution in [0.1, 0.15) is 50.4 Å². The molecule has 0 spiro atoms. The molecule has 0 aliphatic heterocycles. The second kappa shape index (κ2) is 9.97. The Kier molecular flexibility index (Phi) is 6.85. The predicted molar refractivity (Wildman–Crippen MR) is 121 cm³/mol. The lowest BCUT2D eigenvalue weighted by Gasteiger charge is -2.27. The molecule has 11 nitrogen and oxygen atoms in total. The molecule has 3 aromatic heterocycles. The molecule has 2 atom stereocenters. The maximum Gasteiger partial charge on any atom is 0.306 e. The molecule has 0 saturated heterocycles. The number of aromatic nitrogens is 7. The summed E-state index contributed by atoms with van der Waals surface area (Å²) in [6.45, 7) is 5.25. The van der Waals surface area contributed by atoms with Crippen LogP contribution in [0.25, 0.3) is 11.4 Å². The van der Waals surface area contributed by atoms with Crippen LogP contribution in [0, 0.1) is 12.8 Å². The number of pyridine rings is 1. The first-order chi connectivity index (χ1) is 15.9. The van der Waals surface area contributed by atoms with Crippen LogP contribution in [0.2, 0.25) is 0 Å². The van der Waals surface area contributed by atoms with E-state index >= 15 is 0 Å². The third-order valence-corrected chi connectivity index (χ3v) is 5.89. The highest BCUT2D eigenvalue weighted by Crippen LogP contribution is 2.30. The third kappa shape index (κ3) is 5.29. The van der Waals surface area contributed by atoms with E-state index in [4.69, 9.17) is 9.72 Å². The first-order valence-corrected chi connectivity index (χ1v) is 11.3. The van der Waals surface area contributed by atoms with Gasteiger partial charge in [-0.1, -0.05) is 12.1 Å². The minimum Gasteiger partial charge on any atom is -0.489 e. The average Bonchev–Trinajstić information content (AvgIpc) is 3.40. The Morgan fingerprint density at radius 2 is 2.18 bits per heavy atom. The van der Waals surface area contributed by atoms with Gasteiger partial charge in [-0.2, -0.15) is 0 Å². The van der Waals surface area contributed by atoms with Crippen LogP contribution < -0.4 is 10.1 Å². The Hall–Kier alpha value is -3.50. The van der Waals surface area contributed by atoms with Gasteiger partial charge in [0, 0.05) is 13.6 Å². The van der Waals surface area contributed by atoms with Gasteiger partial charge in [0.05, 0.1) is 35.6 Å². The molecule has 0 amide bonds. The maximum atomic E-state index is 11.3. The van der Waals surface area contributed by atoms with Gasteiger partial charge in [-0.25, -0.2) is 14.6 Å². The van der Waals surface area contributed by atoms with Gasteiger partial charge in [0.2, 0.25) is 5.95 Å². The van der Waals surface area contributed by atoms with Gasteiger partial charge in [0.25, 0.3) is 0 Å². The van der Waals surface area contributed by atoms with Crippen molar-refractivity contribution in [2.75, 3.05) is 5.32 Å². The smallest absolute Gasteiger partial charge is 0.306 e. The molecule has 0 bridgehead atoms. The van der Waals surface area contributed by atoms with Crippen molar-refractivity contribution in [3.05, 3.63) is 29.8 Å². The lowest BCUT2D eigenvalue weighted by atomic mass is 9.87. The number of aliphatic carboxylic acids is 1. The highest BCUT2D eigenvalue weighted by Gasteiger charge is 2.28. The fourth-order valence-electron chi connectivity index (χ4n) is 4.11. The Labute approximate surface area is 192 Å². The second-order valence-electron chi connectivity index (χ2n) is 8.41. The van der Waals surface area contributed by atoms with Crippen molar-refractivity contribution in [3.63, 3.8) is 0 Å². The summed E-state index contributed by atoms with van der Waals surface area (Å²) < 4.78 is 9.64. The van der Waals surface area contributed by atoms with Gasteiger partial charge >= 0.3 is 5.97 Å². The number of carbonyl (C=O) groups is 1. The summed E-state index contributed by atoms with van der Waals surface area (Å²) in [4.78, 5) is 20.3. The van der Waals surface area contributed by atoms with E-state index in [1.54, 1.807) is 15.7 Å². The first kappa shape index (κ1) is 22.7. The SMILES string of the molecule is CCCn1cnc(NCc2c(-c3ccc(O[C@H]4CCC[C@H](C(=O)O)C4)c(C)n3)nnn2C)n1. The third-order valence-electron chi connectivity index (χ3n) is 5.89. The van der Waals surface area contributed by atoms with Crippen molar-refractivity contribution < 1.29 is 14.6 Å². The van der Waals surface area contributed by atoms with E-state index in [-0.39, 0.29) is 12.0 Å². The van der Waals surface area contributed by atoms with Gasteiger partial charge in [0.15, 0.2) is 0 Å². The monoisotopic (exact) mass is 454 g/mol. The Morgan fingerprint density at radius 1 is 1.33 bits per heavy atom. The highest BCUT2D eigenvalue weighted by atomic mass is 16.5. The molecule has 3 heterocycles. The molecule has 0 radical (unpaired) electrons. The summed E-state index contributed by atoms with van der Waals surface area (Å²) in [5.74, 6) is 0.137. The van der Waals surface area contributed by atoms with E-state index in [2.05, 4.69) is 32.6 Å². The van der Waals surface area contributed by atoms with E-state index in [1.807, 2.05) is 26.1 Å². The van der Waals surface area contributed by atoms with Crippen molar-refractivity contribution in [2.24, 2.45) is 13.0 Å². The maximum absolute atomic E-state index is 11.3. The number of nitrogens with one attached hydrogen (secondary N) is 1. The lowest BCUT2D eigenvalue weighted by molar-refractivity contribution is -0.143. The van der Waals surface area contributed by atoms with Crippen molar-refractivity contribution in [1.29, 1.82) is 0 Å². The standard InChI is InChI=1S/C22H30N8O3/c1-4-10-30-13-24-22(27-30)23-12-18-20(26-28-29(18)3)17-8-9-19(14(2)25-17)33-16-7-5-6-15(11-16)21(31)32/h8-9,13,15-16H,4-7,10-12H2,1-3H3,(H,23,27)(H,31,32)/t15-,16-/m0/s1. The van der Waals surface area contributed by atoms with E-state index in [1.165, 1.54) is 0 Å². The van der Waals surface area contributed by atoms with Gasteiger partial charge in [-0.15, -0.1) is 10.2 Å². The molecule has 3 aromatic rings. The fourth-order valence-corrected chi connectivity index (χ4v) is 4.11. The van der Waals surface area contributed by atoms with Crippen molar-refractivity contribution in [1.82, 2.24) is 34.7 Å². The molecular weight excluding hydrogens is 424 g/mol. The minimum atomic E-state index is -0.746. The van der Waals surface area contributed by atoms with Gasteiger partial charge < -0.3 is 15.2 Å². The van der Waals surface area contributed by atoms with Crippen LogP contribution in [0.4, 0.5) is 5.95 Å². The number of hydrogen-bond donors (Lipinski definition) is 2. The molecule has 176 valence electrons. The number of carboxylic acid groups (broad SMARTS) is 1. The summed E-state index contributed by atoms with van der Waals surface area (Å²) >= 11 is 0. The van der Waals surface area contributed by atoms with E-state index in [0.29, 0.717) is 42.5 Å². The first-order valence-electron chi connectivity index (χ1n) is 11.3. The van der Waals surface area contributed by atoms with Crippen LogP contribution in [0.15, 0.2) is 18.5 Å². The van der Waals surface area contributed by atoms with Crippen LogP contribution >= 0.6 is 0 Å². The molecule has 1 aliphatic carbocycles. The fraction of sp³-hybridized carbons (Fsp3) is 0.545. The number of carboxylic acids is 1. The largest absolute Gasteiger partial charge is 0.489 e. The molecule has 33 heavy (non-hydrogen) atoms. The Balaban J connectivity index is 1.46. The predicted octanol–water partition coefficient (Wildman–Crippen LogP) is 2.82. The second-order valence-corrected chi connectivity index (χ2v) is 8.41. The zero-order valence-corrected chi connectivity index (χ0v) is 19.2. The zero-order valence-electron chi connectivity index (χ0n) is 19.2. The topological polar surface area (TPSA) is 133 Å². The summed E-state index contributed by atoms with van der Waals surface area (Å²) in [6, 6.07) is 3.74. The molecule has 1 saturated carbocycles. The molecule has 2 N–H and O–H groups in total. The molecule has 0 aromatic carbocycles. The van der Waals surface area contributed by atoms with Crippen LogP contribution in [0.5, 0.6) is 5.75 Å². The lowest BCUT2D eigenvalue weighted by Crippen LogP contribution is -2.29. The number of nitrogens with zero attached hydrogens (tertiary/aromatic N) is 7. The summed E-state index contributed by atoms with van der Waals surface area (Å²) in [5, 5.41) is 25.4. The number of hydrogen-bond acceptors (Lipinski definition) is 8. The summed E-state index contributed by atoms with van der Waals surface area (Å²) in [6.07, 6.45) is 5.54. The quantitative estimate of drug-likeness (QED) is 0.500. The van der Waals surface area contributed by atoms with Gasteiger partial charge in [-0.3, -0.25) is 9.48 Å². The van der Waals surface area contributed by atoms with E-state index in [9.17, 15) is 9.90 Å². The summed E-state index contributed by atoms with van der Waals surface area (Å²) in [7, 11) is 1.84. The zero-order chi connectivity index (χ0) is 23.4. The summed E-state index contributed by atoms with van der Waals surface area (Å²) in [5.41, 5.74) is 2.96. The molecule has 0 unspecified atom stereocenters. The molecule has 11 heteroatoms. The Bertz CT molecular complexity index is 1110. The number of ether oxygens (including phenoxy) is 1. The Morgan fingerprint density at radius 3 is 2.94 bits per heavy atom. The van der Waals surface area contributed by atoms with Crippen LogP contribution in [-0.2, 0) is 24.9 Å². The van der Waals surface area contributed by atoms with E-state index < -0.39 is 5.97 Å². The van der Waals surface area contributed by atoms with Crippen LogP contribution in [0.3, 0.4) is 0 Å². The molecular formula is C22H30N8O3. The van der Waals surface area contributed by atoms with Gasteiger partial charge in [0.1, 0.15) is 17.8 Å². The van der Waals surface area contributed by atoms with Crippen molar-refractivity contribution in [3.8, 4) is 17.1 Å². The number of rotatable bonds is 9. The highest BCUT2D eigenvalue weighted by molar-refractivity contribution is 5.70. The van der Waals surface area contributed by atoms with Crippen LogP contribution in [-0.4, -0.2) is 51.9 Å². The van der Waals surface area contributed by atoms with Gasteiger partial charge in [-0.05, 0) is 51.2 Å². The normalized spacial score (nSPS) is 18.3. The molecule has 4 rings (SSSR count). The minimum absolute atomic E-state index is 0.109. The van der Waals surface area contributed by atoms with Crippen molar-refractivity contribution >= 4 is 11.9 Å². The van der Waals surface area contributed by atoms with E-state index in [0.717, 1.165) is 37.2 Å². The molecule has 1 aliphatic rings. The molecule has 1 fully saturated rings. The average molecular weight is 455 g/mol. The van der Waals surface area contributed by atoms with Crippen molar-refractivity contribution in [2.45, 2.75) is 65.1 Å².